The van der Waals surface area contributed by atoms with Gasteiger partial charge in [-0.15, -0.1) is 0 Å². The molecule has 0 N–H and O–H groups in total. The molecule has 9 aromatic carbocycles. The fraction of sp³-hybridized carbons (Fsp3) is 0. The van der Waals surface area contributed by atoms with Crippen molar-refractivity contribution in [2.75, 3.05) is 4.90 Å². The number of anilines is 3. The predicted octanol–water partition coefficient (Wildman–Crippen LogP) is 13.6. The number of hydrogen-bond donors (Lipinski definition) is 0. The average Bonchev–Trinajstić information content (AvgIpc) is 3.73. The second-order valence-electron chi connectivity index (χ2n) is 13.4. The van der Waals surface area contributed by atoms with Crippen LogP contribution in [0.4, 0.5) is 17.1 Å². The Hall–Kier alpha value is -6.84. The molecule has 11 aromatic rings. The highest BCUT2D eigenvalue weighted by molar-refractivity contribution is 6.18. The molecule has 0 radical (unpaired) electrons. The molecule has 0 fully saturated rings. The molecule has 51 heavy (non-hydrogen) atoms. The van der Waals surface area contributed by atoms with Crippen LogP contribution in [-0.4, -0.2) is 4.57 Å². The molecule has 2 aromatic heterocycles. The van der Waals surface area contributed by atoms with Crippen LogP contribution in [0.3, 0.4) is 0 Å². The minimum Gasteiger partial charge on any atom is -0.453 e. The van der Waals surface area contributed by atoms with E-state index in [1.807, 2.05) is 0 Å². The first-order valence-electron chi connectivity index (χ1n) is 17.4. The molecule has 0 unspecified atom stereocenters. The van der Waals surface area contributed by atoms with E-state index in [9.17, 15) is 0 Å². The number of hydrogen-bond acceptors (Lipinski definition) is 2. The maximum atomic E-state index is 6.89. The fourth-order valence-electron chi connectivity index (χ4n) is 8.12. The maximum Gasteiger partial charge on any atom is 0.159 e. The van der Waals surface area contributed by atoms with Crippen LogP contribution in [0.5, 0.6) is 0 Å². The smallest absolute Gasteiger partial charge is 0.159 e. The molecular formula is C48H30N2O. The minimum absolute atomic E-state index is 0.870. The van der Waals surface area contributed by atoms with Crippen molar-refractivity contribution in [3.05, 3.63) is 182 Å². The lowest BCUT2D eigenvalue weighted by atomic mass is 10.0. The highest BCUT2D eigenvalue weighted by Crippen LogP contribution is 2.45. The zero-order valence-corrected chi connectivity index (χ0v) is 27.6. The summed E-state index contributed by atoms with van der Waals surface area (Å²) in [5, 5.41) is 11.9. The maximum absolute atomic E-state index is 6.89. The standard InChI is InChI=1S/C48H30N2O/c1-2-16-36(17-3-1)49(44-20-10-19-41-42-25-22-32-12-8-9-18-39(32)47(42)51-48(41)44)38-24-26-40-43-28-34-14-6-7-15-35(34)29-45(43)50(46(40)30-38)37-23-21-31-11-4-5-13-33(31)27-37/h1-30H. The number of para-hydroxylation sites is 2. The van der Waals surface area contributed by atoms with Crippen LogP contribution in [0, 0.1) is 0 Å². The van der Waals surface area contributed by atoms with E-state index < -0.39 is 0 Å². The normalized spacial score (nSPS) is 11.9. The van der Waals surface area contributed by atoms with Gasteiger partial charge in [-0.1, -0.05) is 121 Å². The third kappa shape index (κ3) is 4.25. The minimum atomic E-state index is 0.870. The number of aromatic nitrogens is 1. The number of rotatable bonds is 4. The average molecular weight is 651 g/mol. The van der Waals surface area contributed by atoms with E-state index >= 15 is 0 Å². The van der Waals surface area contributed by atoms with Crippen LogP contribution in [-0.2, 0) is 0 Å². The van der Waals surface area contributed by atoms with E-state index in [1.54, 1.807) is 0 Å². The van der Waals surface area contributed by atoms with Crippen LogP contribution < -0.4 is 4.90 Å². The summed E-state index contributed by atoms with van der Waals surface area (Å²) in [5.74, 6) is 0. The molecule has 0 bridgehead atoms. The lowest BCUT2D eigenvalue weighted by molar-refractivity contribution is 0.673. The molecule has 0 spiro atoms. The van der Waals surface area contributed by atoms with Gasteiger partial charge in [0.1, 0.15) is 5.58 Å². The molecular weight excluding hydrogens is 621 g/mol. The van der Waals surface area contributed by atoms with Gasteiger partial charge in [-0.2, -0.15) is 0 Å². The third-order valence-corrected chi connectivity index (χ3v) is 10.5. The largest absolute Gasteiger partial charge is 0.453 e. The molecule has 0 aliphatic carbocycles. The van der Waals surface area contributed by atoms with Gasteiger partial charge in [0.15, 0.2) is 5.58 Å². The van der Waals surface area contributed by atoms with Crippen molar-refractivity contribution in [1.82, 2.24) is 4.57 Å². The molecule has 238 valence electrons. The molecule has 11 rings (SSSR count). The van der Waals surface area contributed by atoms with E-state index in [4.69, 9.17) is 4.42 Å². The monoisotopic (exact) mass is 650 g/mol. The molecule has 0 aliphatic rings. The number of fused-ring (bicyclic) bond motifs is 10. The van der Waals surface area contributed by atoms with Crippen molar-refractivity contribution in [2.45, 2.75) is 0 Å². The summed E-state index contributed by atoms with van der Waals surface area (Å²) in [6, 6.07) is 65.6. The Morgan fingerprint density at radius 1 is 0.353 bits per heavy atom. The Labute approximate surface area is 293 Å². The van der Waals surface area contributed by atoms with Gasteiger partial charge >= 0.3 is 0 Å². The quantitative estimate of drug-likeness (QED) is 0.189. The molecule has 2 heterocycles. The van der Waals surface area contributed by atoms with Crippen LogP contribution in [0.25, 0.3) is 81.7 Å². The van der Waals surface area contributed by atoms with Crippen molar-refractivity contribution < 1.29 is 4.42 Å². The van der Waals surface area contributed by atoms with E-state index in [1.165, 1.54) is 43.2 Å². The van der Waals surface area contributed by atoms with E-state index in [0.29, 0.717) is 0 Å². The summed E-state index contributed by atoms with van der Waals surface area (Å²) < 4.78 is 9.32. The lowest BCUT2D eigenvalue weighted by Gasteiger charge is -2.25. The Balaban J connectivity index is 1.21. The zero-order valence-electron chi connectivity index (χ0n) is 27.6. The third-order valence-electron chi connectivity index (χ3n) is 10.5. The molecule has 3 nitrogen and oxygen atoms in total. The summed E-state index contributed by atoms with van der Waals surface area (Å²) in [4.78, 5) is 2.34. The second kappa shape index (κ2) is 10.8. The lowest BCUT2D eigenvalue weighted by Crippen LogP contribution is -2.10. The zero-order chi connectivity index (χ0) is 33.5. The van der Waals surface area contributed by atoms with Crippen molar-refractivity contribution in [3.63, 3.8) is 0 Å². The van der Waals surface area contributed by atoms with Gasteiger partial charge in [0.2, 0.25) is 0 Å². The van der Waals surface area contributed by atoms with Gasteiger partial charge in [0.05, 0.1) is 16.7 Å². The van der Waals surface area contributed by atoms with Gasteiger partial charge in [0.25, 0.3) is 0 Å². The van der Waals surface area contributed by atoms with E-state index in [-0.39, 0.29) is 0 Å². The van der Waals surface area contributed by atoms with E-state index in [0.717, 1.165) is 55.6 Å². The molecule has 0 amide bonds. The Kier molecular flexibility index (Phi) is 5.96. The van der Waals surface area contributed by atoms with Gasteiger partial charge in [-0.05, 0) is 87.6 Å². The predicted molar refractivity (Wildman–Crippen MR) is 215 cm³/mol. The van der Waals surface area contributed by atoms with Crippen molar-refractivity contribution in [1.29, 1.82) is 0 Å². The summed E-state index contributed by atoms with van der Waals surface area (Å²) in [6.07, 6.45) is 0. The van der Waals surface area contributed by atoms with Crippen LogP contribution >= 0.6 is 0 Å². The number of furan rings is 1. The van der Waals surface area contributed by atoms with Crippen LogP contribution in [0.1, 0.15) is 0 Å². The van der Waals surface area contributed by atoms with Crippen molar-refractivity contribution in [2.24, 2.45) is 0 Å². The van der Waals surface area contributed by atoms with Crippen molar-refractivity contribution >= 4 is 93.1 Å². The summed E-state index contributed by atoms with van der Waals surface area (Å²) in [5.41, 5.74) is 8.38. The topological polar surface area (TPSA) is 21.3 Å². The summed E-state index contributed by atoms with van der Waals surface area (Å²) in [7, 11) is 0. The first-order valence-corrected chi connectivity index (χ1v) is 17.4. The van der Waals surface area contributed by atoms with Gasteiger partial charge in [-0.3, -0.25) is 0 Å². The summed E-state index contributed by atoms with van der Waals surface area (Å²) >= 11 is 0. The first-order chi connectivity index (χ1) is 25.3. The van der Waals surface area contributed by atoms with Gasteiger partial charge in [-0.25, -0.2) is 0 Å². The Bertz CT molecular complexity index is 3150. The molecule has 0 saturated carbocycles. The highest BCUT2D eigenvalue weighted by Gasteiger charge is 2.22. The molecule has 0 atom stereocenters. The first kappa shape index (κ1) is 28.0. The molecule has 0 saturated heterocycles. The van der Waals surface area contributed by atoms with Gasteiger partial charge in [0, 0.05) is 44.0 Å². The molecule has 3 heteroatoms. The van der Waals surface area contributed by atoms with Crippen LogP contribution in [0.2, 0.25) is 0 Å². The Morgan fingerprint density at radius 2 is 0.980 bits per heavy atom. The highest BCUT2D eigenvalue weighted by atomic mass is 16.3. The van der Waals surface area contributed by atoms with Crippen molar-refractivity contribution in [3.8, 4) is 5.69 Å². The summed E-state index contributed by atoms with van der Waals surface area (Å²) in [6.45, 7) is 0. The number of benzene rings is 9. The number of nitrogens with zero attached hydrogens (tertiary/aromatic N) is 2. The van der Waals surface area contributed by atoms with Crippen LogP contribution in [0.15, 0.2) is 186 Å². The van der Waals surface area contributed by atoms with Gasteiger partial charge < -0.3 is 13.9 Å². The van der Waals surface area contributed by atoms with E-state index in [2.05, 4.69) is 191 Å². The SMILES string of the molecule is c1ccc(N(c2ccc3c4cc5ccccc5cc4n(-c4ccc5ccccc5c4)c3c2)c2cccc3c2oc2c4ccccc4ccc32)cc1. The molecule has 0 aliphatic heterocycles. The Morgan fingerprint density at radius 3 is 1.82 bits per heavy atom. The second-order valence-corrected chi connectivity index (χ2v) is 13.4. The fourth-order valence-corrected chi connectivity index (χ4v) is 8.12.